The molecular formula is C20H25N3O6. The van der Waals surface area contributed by atoms with Gasteiger partial charge in [-0.2, -0.15) is 0 Å². The number of fused-ring (bicyclic) bond motifs is 2. The number of para-hydroxylation sites is 1. The zero-order chi connectivity index (χ0) is 21.0. The third-order valence-corrected chi connectivity index (χ3v) is 4.95. The van der Waals surface area contributed by atoms with Gasteiger partial charge < -0.3 is 20.1 Å². The second-order valence-electron chi connectivity index (χ2n) is 7.51. The summed E-state index contributed by atoms with van der Waals surface area (Å²) in [5.74, 6) is -0.817. The second kappa shape index (κ2) is 8.50. The van der Waals surface area contributed by atoms with Crippen LogP contribution in [0.3, 0.4) is 0 Å². The van der Waals surface area contributed by atoms with E-state index in [1.807, 2.05) is 13.8 Å². The van der Waals surface area contributed by atoms with Gasteiger partial charge in [-0.1, -0.05) is 32.0 Å². The summed E-state index contributed by atoms with van der Waals surface area (Å²) in [7, 11) is 0. The molecule has 1 aromatic rings. The largest absolute Gasteiger partial charge is 0.493 e. The summed E-state index contributed by atoms with van der Waals surface area (Å²) in [5, 5.41) is 5.35. The number of nitrogens with zero attached hydrogens (tertiary/aromatic N) is 1. The van der Waals surface area contributed by atoms with E-state index in [9.17, 15) is 19.2 Å². The minimum Gasteiger partial charge on any atom is -0.493 e. The summed E-state index contributed by atoms with van der Waals surface area (Å²) in [6.45, 7) is 3.81. The van der Waals surface area contributed by atoms with Gasteiger partial charge in [0.05, 0.1) is 6.61 Å². The molecule has 0 aliphatic carbocycles. The third kappa shape index (κ3) is 4.33. The Morgan fingerprint density at radius 2 is 2.07 bits per heavy atom. The topological polar surface area (TPSA) is 114 Å². The highest BCUT2D eigenvalue weighted by molar-refractivity contribution is 6.09. The quantitative estimate of drug-likeness (QED) is 0.517. The van der Waals surface area contributed by atoms with Crippen molar-refractivity contribution in [3.05, 3.63) is 29.8 Å². The van der Waals surface area contributed by atoms with Crippen LogP contribution in [0.15, 0.2) is 24.3 Å². The summed E-state index contributed by atoms with van der Waals surface area (Å²) in [6.07, 6.45) is 1.08. The zero-order valence-electron chi connectivity index (χ0n) is 16.5. The van der Waals surface area contributed by atoms with E-state index in [1.54, 1.807) is 24.3 Å². The van der Waals surface area contributed by atoms with E-state index in [2.05, 4.69) is 10.6 Å². The molecule has 2 N–H and O–H groups in total. The van der Waals surface area contributed by atoms with Crippen LogP contribution in [0.25, 0.3) is 0 Å². The molecule has 4 amide bonds. The lowest BCUT2D eigenvalue weighted by atomic mass is 9.84. The summed E-state index contributed by atoms with van der Waals surface area (Å²) >= 11 is 0. The number of ether oxygens (including phenoxy) is 2. The Bertz CT molecular complexity index is 824. The van der Waals surface area contributed by atoms with Gasteiger partial charge in [-0.05, 0) is 18.4 Å². The molecule has 1 spiro atoms. The van der Waals surface area contributed by atoms with Crippen LogP contribution in [0, 0.1) is 5.92 Å². The van der Waals surface area contributed by atoms with Gasteiger partial charge in [0.1, 0.15) is 12.3 Å². The van der Waals surface area contributed by atoms with Gasteiger partial charge in [0.25, 0.3) is 11.8 Å². The van der Waals surface area contributed by atoms with E-state index in [-0.39, 0.29) is 13.0 Å². The number of urea groups is 1. The molecule has 0 radical (unpaired) electrons. The van der Waals surface area contributed by atoms with Crippen molar-refractivity contribution in [2.75, 3.05) is 26.3 Å². The van der Waals surface area contributed by atoms with E-state index in [0.29, 0.717) is 23.8 Å². The SMILES string of the molecule is CC(C)CCNC(=O)COC(=O)CN1C(=O)N[C@]2(CCOc3ccccc32)C1=O. The van der Waals surface area contributed by atoms with Crippen LogP contribution in [0.1, 0.15) is 32.3 Å². The first kappa shape index (κ1) is 20.6. The highest BCUT2D eigenvalue weighted by atomic mass is 16.5. The van der Waals surface area contributed by atoms with Crippen molar-refractivity contribution in [1.29, 1.82) is 0 Å². The molecule has 2 heterocycles. The normalized spacial score (nSPS) is 20.3. The van der Waals surface area contributed by atoms with Gasteiger partial charge in [0.15, 0.2) is 12.1 Å². The van der Waals surface area contributed by atoms with Crippen LogP contribution in [0.4, 0.5) is 4.79 Å². The number of amides is 4. The number of nitrogens with one attached hydrogen (secondary N) is 2. The number of benzene rings is 1. The molecule has 9 nitrogen and oxygen atoms in total. The first-order valence-electron chi connectivity index (χ1n) is 9.62. The molecule has 0 bridgehead atoms. The van der Waals surface area contributed by atoms with E-state index in [4.69, 9.17) is 9.47 Å². The van der Waals surface area contributed by atoms with Crippen LogP contribution < -0.4 is 15.4 Å². The number of imide groups is 1. The predicted octanol–water partition coefficient (Wildman–Crippen LogP) is 0.922. The maximum absolute atomic E-state index is 13.0. The Hall–Kier alpha value is -3.10. The highest BCUT2D eigenvalue weighted by Gasteiger charge is 2.55. The third-order valence-electron chi connectivity index (χ3n) is 4.95. The van der Waals surface area contributed by atoms with E-state index in [1.165, 1.54) is 0 Å². The standard InChI is InChI=1S/C20H25N3O6/c1-13(2)7-9-21-16(24)12-29-17(25)11-23-18(26)20(22-19(23)27)8-10-28-15-6-4-3-5-14(15)20/h3-6,13H,7-12H2,1-2H3,(H,21,24)(H,22,27)/t20-/m0/s1. The molecule has 156 valence electrons. The number of hydrogen-bond donors (Lipinski definition) is 2. The zero-order valence-corrected chi connectivity index (χ0v) is 16.5. The fourth-order valence-electron chi connectivity index (χ4n) is 3.39. The van der Waals surface area contributed by atoms with Gasteiger partial charge in [-0.25, -0.2) is 4.79 Å². The molecule has 0 saturated carbocycles. The van der Waals surface area contributed by atoms with Gasteiger partial charge >= 0.3 is 12.0 Å². The first-order chi connectivity index (χ1) is 13.8. The molecule has 0 unspecified atom stereocenters. The molecule has 0 aromatic heterocycles. The van der Waals surface area contributed by atoms with Crippen LogP contribution in [0.2, 0.25) is 0 Å². The Morgan fingerprint density at radius 1 is 1.31 bits per heavy atom. The average Bonchev–Trinajstić information content (AvgIpc) is 2.91. The number of esters is 1. The van der Waals surface area contributed by atoms with E-state index < -0.39 is 42.5 Å². The number of carbonyl (C=O) groups is 4. The van der Waals surface area contributed by atoms with Crippen molar-refractivity contribution in [1.82, 2.24) is 15.5 Å². The molecule has 1 saturated heterocycles. The van der Waals surface area contributed by atoms with E-state index >= 15 is 0 Å². The Morgan fingerprint density at radius 3 is 2.83 bits per heavy atom. The summed E-state index contributed by atoms with van der Waals surface area (Å²) in [6, 6.07) is 6.30. The van der Waals surface area contributed by atoms with Crippen molar-refractivity contribution < 1.29 is 28.7 Å². The van der Waals surface area contributed by atoms with Crippen LogP contribution >= 0.6 is 0 Å². The fourth-order valence-corrected chi connectivity index (χ4v) is 3.39. The number of carbonyl (C=O) groups excluding carboxylic acids is 4. The second-order valence-corrected chi connectivity index (χ2v) is 7.51. The summed E-state index contributed by atoms with van der Waals surface area (Å²) < 4.78 is 10.5. The highest BCUT2D eigenvalue weighted by Crippen LogP contribution is 2.40. The Balaban J connectivity index is 1.59. The molecule has 29 heavy (non-hydrogen) atoms. The Kier molecular flexibility index (Phi) is 6.05. The maximum atomic E-state index is 13.0. The minimum atomic E-state index is -1.25. The lowest BCUT2D eigenvalue weighted by molar-refractivity contribution is -0.151. The lowest BCUT2D eigenvalue weighted by Gasteiger charge is -2.33. The molecule has 1 atom stereocenters. The first-order valence-corrected chi connectivity index (χ1v) is 9.62. The molecule has 1 fully saturated rings. The molecule has 9 heteroatoms. The lowest BCUT2D eigenvalue weighted by Crippen LogP contribution is -2.47. The Labute approximate surface area is 168 Å². The minimum absolute atomic E-state index is 0.262. The molecule has 2 aliphatic rings. The smallest absolute Gasteiger partial charge is 0.326 e. The van der Waals surface area contributed by atoms with Gasteiger partial charge in [-0.15, -0.1) is 0 Å². The molecule has 2 aliphatic heterocycles. The van der Waals surface area contributed by atoms with Gasteiger partial charge in [0, 0.05) is 18.5 Å². The van der Waals surface area contributed by atoms with Crippen LogP contribution in [-0.2, 0) is 24.7 Å². The fraction of sp³-hybridized carbons (Fsp3) is 0.500. The van der Waals surface area contributed by atoms with E-state index in [0.717, 1.165) is 11.3 Å². The number of rotatable bonds is 7. The van der Waals surface area contributed by atoms with Gasteiger partial charge in [0.2, 0.25) is 0 Å². The summed E-state index contributed by atoms with van der Waals surface area (Å²) in [4.78, 5) is 50.1. The maximum Gasteiger partial charge on any atom is 0.326 e. The van der Waals surface area contributed by atoms with Crippen molar-refractivity contribution in [2.45, 2.75) is 32.2 Å². The molecule has 3 rings (SSSR count). The average molecular weight is 403 g/mol. The van der Waals surface area contributed by atoms with Gasteiger partial charge in [-0.3, -0.25) is 19.3 Å². The number of hydrogen-bond acceptors (Lipinski definition) is 6. The molecular weight excluding hydrogens is 378 g/mol. The van der Waals surface area contributed by atoms with Crippen molar-refractivity contribution in [2.24, 2.45) is 5.92 Å². The van der Waals surface area contributed by atoms with Crippen molar-refractivity contribution in [3.8, 4) is 5.75 Å². The monoisotopic (exact) mass is 403 g/mol. The van der Waals surface area contributed by atoms with Crippen LogP contribution in [-0.4, -0.2) is 55.0 Å². The van der Waals surface area contributed by atoms with Crippen LogP contribution in [0.5, 0.6) is 5.75 Å². The van der Waals surface area contributed by atoms with Crippen molar-refractivity contribution >= 4 is 23.8 Å². The van der Waals surface area contributed by atoms with Crippen molar-refractivity contribution in [3.63, 3.8) is 0 Å². The predicted molar refractivity (Wildman–Crippen MR) is 102 cm³/mol. The molecule has 1 aromatic carbocycles. The summed E-state index contributed by atoms with van der Waals surface area (Å²) in [5.41, 5.74) is -0.689.